The largest absolute Gasteiger partial charge is 0.357 e. The lowest BCUT2D eigenvalue weighted by molar-refractivity contribution is -0.128. The minimum Gasteiger partial charge on any atom is -0.357 e. The fourth-order valence-electron chi connectivity index (χ4n) is 2.46. The van der Waals surface area contributed by atoms with Crippen LogP contribution in [0.1, 0.15) is 28.2 Å². The van der Waals surface area contributed by atoms with Gasteiger partial charge in [-0.25, -0.2) is 9.98 Å². The average Bonchev–Trinajstić information content (AvgIpc) is 2.99. The normalized spacial score (nSPS) is 10.9. The molecule has 7 nitrogen and oxygen atoms in total. The van der Waals surface area contributed by atoms with Crippen molar-refractivity contribution in [2.75, 3.05) is 26.7 Å². The highest BCUT2D eigenvalue weighted by Crippen LogP contribution is 2.16. The van der Waals surface area contributed by atoms with Crippen LogP contribution < -0.4 is 10.6 Å². The van der Waals surface area contributed by atoms with E-state index in [0.29, 0.717) is 19.0 Å². The van der Waals surface area contributed by atoms with Crippen molar-refractivity contribution in [3.8, 4) is 0 Å². The van der Waals surface area contributed by atoms with Crippen LogP contribution in [0.5, 0.6) is 0 Å². The summed E-state index contributed by atoms with van der Waals surface area (Å²) in [7, 11) is 1.80. The molecule has 0 aliphatic carbocycles. The number of aliphatic imine (C=N–C) groups is 1. The predicted molar refractivity (Wildman–Crippen MR) is 125 cm³/mol. The molecule has 0 saturated carbocycles. The molecule has 9 heteroatoms. The van der Waals surface area contributed by atoms with Crippen molar-refractivity contribution in [3.63, 3.8) is 0 Å². The molecule has 1 amide bonds. The van der Waals surface area contributed by atoms with E-state index in [2.05, 4.69) is 25.6 Å². The number of halogens is 1. The van der Waals surface area contributed by atoms with Crippen molar-refractivity contribution in [2.24, 2.45) is 4.99 Å². The van der Waals surface area contributed by atoms with E-state index in [9.17, 15) is 4.79 Å². The Morgan fingerprint density at radius 1 is 1.29 bits per heavy atom. The Labute approximate surface area is 188 Å². The summed E-state index contributed by atoms with van der Waals surface area (Å²) >= 11 is 1.67. The van der Waals surface area contributed by atoms with E-state index in [1.54, 1.807) is 29.5 Å². The van der Waals surface area contributed by atoms with Crippen molar-refractivity contribution >= 4 is 47.2 Å². The summed E-state index contributed by atoms with van der Waals surface area (Å²) < 4.78 is 0. The average molecular weight is 516 g/mol. The van der Waals surface area contributed by atoms with Gasteiger partial charge in [0.05, 0.1) is 17.2 Å². The van der Waals surface area contributed by atoms with Gasteiger partial charge in [-0.2, -0.15) is 0 Å². The third kappa shape index (κ3) is 8.09. The molecule has 154 valence electrons. The van der Waals surface area contributed by atoms with Gasteiger partial charge in [0, 0.05) is 43.3 Å². The Hall–Kier alpha value is -1.75. The number of thiazole rings is 1. The Bertz CT molecular complexity index is 765. The lowest BCUT2D eigenvalue weighted by atomic mass is 10.2. The minimum absolute atomic E-state index is 0. The van der Waals surface area contributed by atoms with Gasteiger partial charge in [0.15, 0.2) is 5.96 Å². The number of nitrogens with one attached hydrogen (secondary N) is 2. The van der Waals surface area contributed by atoms with Gasteiger partial charge in [0.2, 0.25) is 5.91 Å². The molecule has 0 fully saturated rings. The van der Waals surface area contributed by atoms with Gasteiger partial charge < -0.3 is 15.5 Å². The van der Waals surface area contributed by atoms with E-state index in [1.807, 2.05) is 39.0 Å². The van der Waals surface area contributed by atoms with Crippen LogP contribution in [-0.2, 0) is 17.8 Å². The molecule has 28 heavy (non-hydrogen) atoms. The fraction of sp³-hybridized carbons (Fsp3) is 0.474. The molecule has 0 saturated heterocycles. The molecular formula is C19H29IN6OS. The summed E-state index contributed by atoms with van der Waals surface area (Å²) in [5.41, 5.74) is 2.01. The first kappa shape index (κ1) is 24.3. The van der Waals surface area contributed by atoms with E-state index in [-0.39, 0.29) is 36.4 Å². The summed E-state index contributed by atoms with van der Waals surface area (Å²) in [6, 6.07) is 5.80. The number of aromatic nitrogens is 2. The molecule has 0 spiro atoms. The Kier molecular flexibility index (Phi) is 11.0. The molecule has 2 N–H and O–H groups in total. The van der Waals surface area contributed by atoms with Crippen molar-refractivity contribution in [2.45, 2.75) is 33.7 Å². The topological polar surface area (TPSA) is 82.5 Å². The molecule has 0 aliphatic rings. The second-order valence-corrected chi connectivity index (χ2v) is 7.46. The van der Waals surface area contributed by atoms with Crippen molar-refractivity contribution in [3.05, 3.63) is 45.7 Å². The third-order valence-electron chi connectivity index (χ3n) is 3.99. The number of carbonyl (C=O) groups is 1. The standard InChI is InChI=1S/C19H28N6OS.HI/c1-5-20-19(22-12-17-14(2)24-15(3)27-17)23-13-18(26)25(4)11-9-16-8-6-7-10-21-16;/h6-8,10H,5,9,11-13H2,1-4H3,(H2,20,22,23);1H. The Balaban J connectivity index is 0.00000392. The van der Waals surface area contributed by atoms with E-state index in [0.717, 1.165) is 29.4 Å². The number of pyridine rings is 1. The lowest BCUT2D eigenvalue weighted by Crippen LogP contribution is -2.38. The molecule has 0 bridgehead atoms. The molecule has 0 radical (unpaired) electrons. The van der Waals surface area contributed by atoms with E-state index in [1.165, 1.54) is 4.88 Å². The number of likely N-dealkylation sites (N-methyl/N-ethyl adjacent to an activating group) is 1. The smallest absolute Gasteiger partial charge is 0.244 e. The summed E-state index contributed by atoms with van der Waals surface area (Å²) in [4.78, 5) is 28.3. The van der Waals surface area contributed by atoms with Crippen LogP contribution in [0.4, 0.5) is 0 Å². The van der Waals surface area contributed by atoms with E-state index < -0.39 is 0 Å². The molecule has 0 aromatic carbocycles. The number of hydrogen-bond acceptors (Lipinski definition) is 5. The van der Waals surface area contributed by atoms with Gasteiger partial charge >= 0.3 is 0 Å². The summed E-state index contributed by atoms with van der Waals surface area (Å²) in [5, 5.41) is 7.50. The van der Waals surface area contributed by atoms with Crippen LogP contribution in [0.25, 0.3) is 0 Å². The number of nitrogens with zero attached hydrogens (tertiary/aromatic N) is 4. The van der Waals surface area contributed by atoms with Crippen molar-refractivity contribution in [1.82, 2.24) is 25.5 Å². The summed E-state index contributed by atoms with van der Waals surface area (Å²) in [6.45, 7) is 8.11. The van der Waals surface area contributed by atoms with Crippen LogP contribution >= 0.6 is 35.3 Å². The Morgan fingerprint density at radius 2 is 2.07 bits per heavy atom. The Morgan fingerprint density at radius 3 is 2.68 bits per heavy atom. The first-order chi connectivity index (χ1) is 13.0. The molecule has 0 unspecified atom stereocenters. The highest BCUT2D eigenvalue weighted by atomic mass is 127. The molecule has 2 heterocycles. The van der Waals surface area contributed by atoms with Crippen LogP contribution in [0.3, 0.4) is 0 Å². The zero-order chi connectivity index (χ0) is 19.6. The minimum atomic E-state index is -0.0204. The molecular weight excluding hydrogens is 487 g/mol. The maximum atomic E-state index is 12.3. The first-order valence-corrected chi connectivity index (χ1v) is 9.90. The van der Waals surface area contributed by atoms with Gasteiger partial charge in [-0.05, 0) is 32.9 Å². The fourth-order valence-corrected chi connectivity index (χ4v) is 3.34. The zero-order valence-electron chi connectivity index (χ0n) is 16.9. The van der Waals surface area contributed by atoms with Gasteiger partial charge in [-0.3, -0.25) is 9.78 Å². The quantitative estimate of drug-likeness (QED) is 0.320. The number of hydrogen-bond donors (Lipinski definition) is 2. The van der Waals surface area contributed by atoms with Gasteiger partial charge in [-0.15, -0.1) is 35.3 Å². The second-order valence-electron chi connectivity index (χ2n) is 6.18. The summed E-state index contributed by atoms with van der Waals surface area (Å²) in [5.74, 6) is 0.613. The number of aryl methyl sites for hydroxylation is 2. The second kappa shape index (κ2) is 12.7. The highest BCUT2D eigenvalue weighted by Gasteiger charge is 2.10. The molecule has 0 aliphatic heterocycles. The molecule has 2 rings (SSSR count). The van der Waals surface area contributed by atoms with Crippen molar-refractivity contribution < 1.29 is 4.79 Å². The maximum Gasteiger partial charge on any atom is 0.244 e. The maximum absolute atomic E-state index is 12.3. The predicted octanol–water partition coefficient (Wildman–Crippen LogP) is 2.53. The number of rotatable bonds is 8. The lowest BCUT2D eigenvalue weighted by Gasteiger charge is -2.16. The first-order valence-electron chi connectivity index (χ1n) is 9.08. The van der Waals surface area contributed by atoms with Crippen molar-refractivity contribution in [1.29, 1.82) is 0 Å². The van der Waals surface area contributed by atoms with Crippen LogP contribution in [0.2, 0.25) is 0 Å². The van der Waals surface area contributed by atoms with E-state index >= 15 is 0 Å². The van der Waals surface area contributed by atoms with Gasteiger partial charge in [-0.1, -0.05) is 6.07 Å². The number of carbonyl (C=O) groups excluding carboxylic acids is 1. The number of amides is 1. The monoisotopic (exact) mass is 516 g/mol. The SMILES string of the molecule is CCNC(=NCC(=O)N(C)CCc1ccccn1)NCc1sc(C)nc1C.I. The van der Waals surface area contributed by atoms with Crippen LogP contribution in [0, 0.1) is 13.8 Å². The zero-order valence-corrected chi connectivity index (χ0v) is 20.0. The van der Waals surface area contributed by atoms with Gasteiger partial charge in [0.1, 0.15) is 6.54 Å². The van der Waals surface area contributed by atoms with E-state index in [4.69, 9.17) is 0 Å². The molecule has 0 atom stereocenters. The molecule has 2 aromatic rings. The summed E-state index contributed by atoms with van der Waals surface area (Å²) in [6.07, 6.45) is 2.50. The molecule has 2 aromatic heterocycles. The van der Waals surface area contributed by atoms with Crippen LogP contribution in [0.15, 0.2) is 29.4 Å². The third-order valence-corrected chi connectivity index (χ3v) is 5.06. The van der Waals surface area contributed by atoms with Gasteiger partial charge in [0.25, 0.3) is 0 Å². The van der Waals surface area contributed by atoms with Crippen LogP contribution in [-0.4, -0.2) is 53.4 Å². The highest BCUT2D eigenvalue weighted by molar-refractivity contribution is 14.0. The number of guanidine groups is 1.